The zero-order valence-corrected chi connectivity index (χ0v) is 14.8. The summed E-state index contributed by atoms with van der Waals surface area (Å²) in [5, 5.41) is 14.3. The van der Waals surface area contributed by atoms with Crippen LogP contribution >= 0.6 is 15.9 Å². The minimum atomic E-state index is -0.744. The number of aliphatic hydroxyl groups excluding tert-OH is 1. The molecule has 0 saturated carbocycles. The van der Waals surface area contributed by atoms with Gasteiger partial charge in [0.05, 0.1) is 5.69 Å². The molecule has 2 aromatic heterocycles. The van der Waals surface area contributed by atoms with Crippen molar-refractivity contribution in [3.8, 4) is 17.3 Å². The number of aryl methyl sites for hydroxylation is 2. The van der Waals surface area contributed by atoms with E-state index in [4.69, 9.17) is 4.42 Å². The molecule has 1 atom stereocenters. The van der Waals surface area contributed by atoms with Gasteiger partial charge in [0.2, 0.25) is 0 Å². The van der Waals surface area contributed by atoms with Gasteiger partial charge in [-0.3, -0.25) is 0 Å². The quantitative estimate of drug-likeness (QED) is 0.741. The summed E-state index contributed by atoms with van der Waals surface area (Å²) in [7, 11) is 0. The van der Waals surface area contributed by atoms with Gasteiger partial charge in [-0.05, 0) is 49.7 Å². The molecular weight excluding hydrogens is 358 g/mol. The van der Waals surface area contributed by atoms with Gasteiger partial charge in [0, 0.05) is 10.9 Å². The number of rotatable bonds is 4. The number of aliphatic hydroxyl groups is 1. The minimum absolute atomic E-state index is 0.372. The number of nitrogens with zero attached hydrogens (tertiary/aromatic N) is 3. The topological polar surface area (TPSA) is 64.1 Å². The van der Waals surface area contributed by atoms with Crippen LogP contribution in [-0.4, -0.2) is 19.9 Å². The standard InChI is InChI=1S/C17H18BrN3O2/c1-4-14-9-10(2)15(23-14)17-19-16(11(3)22)20-21(17)13-7-5-12(18)6-8-13/h5-9,11,22H,4H2,1-3H3. The van der Waals surface area contributed by atoms with Crippen LogP contribution in [0.5, 0.6) is 0 Å². The Kier molecular flexibility index (Phi) is 4.37. The number of hydrogen-bond acceptors (Lipinski definition) is 4. The van der Waals surface area contributed by atoms with E-state index in [9.17, 15) is 5.11 Å². The number of furan rings is 1. The summed E-state index contributed by atoms with van der Waals surface area (Å²) in [6, 6.07) is 9.77. The Morgan fingerprint density at radius 3 is 2.57 bits per heavy atom. The largest absolute Gasteiger partial charge is 0.457 e. The number of hydrogen-bond donors (Lipinski definition) is 1. The average molecular weight is 376 g/mol. The van der Waals surface area contributed by atoms with Crippen molar-refractivity contribution < 1.29 is 9.52 Å². The van der Waals surface area contributed by atoms with E-state index in [0.29, 0.717) is 17.4 Å². The number of halogens is 1. The first-order valence-corrected chi connectivity index (χ1v) is 8.29. The van der Waals surface area contributed by atoms with Crippen molar-refractivity contribution in [2.24, 2.45) is 0 Å². The van der Waals surface area contributed by atoms with E-state index in [1.54, 1.807) is 11.6 Å². The third kappa shape index (κ3) is 3.09. The van der Waals surface area contributed by atoms with Gasteiger partial charge in [-0.1, -0.05) is 22.9 Å². The van der Waals surface area contributed by atoms with Gasteiger partial charge >= 0.3 is 0 Å². The molecule has 0 aliphatic carbocycles. The second kappa shape index (κ2) is 6.29. The molecule has 1 unspecified atom stereocenters. The Bertz CT molecular complexity index is 819. The molecule has 6 heteroatoms. The lowest BCUT2D eigenvalue weighted by Gasteiger charge is -2.05. The van der Waals surface area contributed by atoms with E-state index in [1.165, 1.54) is 0 Å². The zero-order chi connectivity index (χ0) is 16.6. The van der Waals surface area contributed by atoms with E-state index in [0.717, 1.165) is 27.9 Å². The van der Waals surface area contributed by atoms with Crippen LogP contribution in [0.3, 0.4) is 0 Å². The third-order valence-corrected chi connectivity index (χ3v) is 4.12. The Morgan fingerprint density at radius 1 is 1.30 bits per heavy atom. The van der Waals surface area contributed by atoms with Gasteiger partial charge in [0.15, 0.2) is 17.4 Å². The smallest absolute Gasteiger partial charge is 0.199 e. The highest BCUT2D eigenvalue weighted by Crippen LogP contribution is 2.29. The van der Waals surface area contributed by atoms with Crippen LogP contribution in [0.1, 0.15) is 37.1 Å². The van der Waals surface area contributed by atoms with Gasteiger partial charge in [-0.15, -0.1) is 5.10 Å². The lowest BCUT2D eigenvalue weighted by atomic mass is 10.2. The summed E-state index contributed by atoms with van der Waals surface area (Å²) in [5.41, 5.74) is 1.86. The molecule has 0 fully saturated rings. The highest BCUT2D eigenvalue weighted by Gasteiger charge is 2.21. The fourth-order valence-corrected chi connectivity index (χ4v) is 2.62. The summed E-state index contributed by atoms with van der Waals surface area (Å²) in [6.07, 6.45) is 0.0719. The van der Waals surface area contributed by atoms with Crippen LogP contribution < -0.4 is 0 Å². The van der Waals surface area contributed by atoms with Crippen molar-refractivity contribution in [1.82, 2.24) is 14.8 Å². The molecule has 0 radical (unpaired) electrons. The highest BCUT2D eigenvalue weighted by atomic mass is 79.9. The summed E-state index contributed by atoms with van der Waals surface area (Å²) in [6.45, 7) is 5.68. The lowest BCUT2D eigenvalue weighted by Crippen LogP contribution is -2.00. The molecule has 0 bridgehead atoms. The maximum absolute atomic E-state index is 9.84. The highest BCUT2D eigenvalue weighted by molar-refractivity contribution is 9.10. The van der Waals surface area contributed by atoms with Crippen LogP contribution in [0.15, 0.2) is 39.2 Å². The average Bonchev–Trinajstić information content (AvgIpc) is 3.11. The predicted octanol–water partition coefficient (Wildman–Crippen LogP) is 4.21. The van der Waals surface area contributed by atoms with Crippen molar-refractivity contribution in [2.45, 2.75) is 33.3 Å². The molecule has 2 heterocycles. The molecule has 0 amide bonds. The number of aromatic nitrogens is 3. The Labute approximate surface area is 143 Å². The monoisotopic (exact) mass is 375 g/mol. The van der Waals surface area contributed by atoms with Crippen LogP contribution in [-0.2, 0) is 6.42 Å². The lowest BCUT2D eigenvalue weighted by molar-refractivity contribution is 0.189. The SMILES string of the molecule is CCc1cc(C)c(-c2nc(C(C)O)nn2-c2ccc(Br)cc2)o1. The molecule has 120 valence electrons. The molecule has 23 heavy (non-hydrogen) atoms. The van der Waals surface area contributed by atoms with Crippen molar-refractivity contribution in [3.63, 3.8) is 0 Å². The first-order valence-electron chi connectivity index (χ1n) is 7.50. The Morgan fingerprint density at radius 2 is 2.00 bits per heavy atom. The molecule has 1 aromatic carbocycles. The van der Waals surface area contributed by atoms with E-state index in [2.05, 4.69) is 26.0 Å². The van der Waals surface area contributed by atoms with E-state index in [1.807, 2.05) is 44.2 Å². The minimum Gasteiger partial charge on any atom is -0.457 e. The molecule has 0 aliphatic heterocycles. The van der Waals surface area contributed by atoms with Crippen LogP contribution in [0.25, 0.3) is 17.3 Å². The zero-order valence-electron chi connectivity index (χ0n) is 13.2. The molecular formula is C17H18BrN3O2. The summed E-state index contributed by atoms with van der Waals surface area (Å²) in [4.78, 5) is 4.48. The van der Waals surface area contributed by atoms with Gasteiger partial charge < -0.3 is 9.52 Å². The van der Waals surface area contributed by atoms with Gasteiger partial charge in [0.1, 0.15) is 11.9 Å². The number of benzene rings is 1. The van der Waals surface area contributed by atoms with E-state index in [-0.39, 0.29) is 0 Å². The van der Waals surface area contributed by atoms with E-state index < -0.39 is 6.10 Å². The predicted molar refractivity (Wildman–Crippen MR) is 91.5 cm³/mol. The second-order valence-corrected chi connectivity index (χ2v) is 6.35. The molecule has 5 nitrogen and oxygen atoms in total. The Hall–Kier alpha value is -1.92. The van der Waals surface area contributed by atoms with Crippen molar-refractivity contribution in [2.75, 3.05) is 0 Å². The second-order valence-electron chi connectivity index (χ2n) is 5.44. The van der Waals surface area contributed by atoms with E-state index >= 15 is 0 Å². The fraction of sp³-hybridized carbons (Fsp3) is 0.294. The molecule has 0 saturated heterocycles. The molecule has 0 spiro atoms. The first kappa shape index (κ1) is 16.0. The molecule has 3 rings (SSSR count). The van der Waals surface area contributed by atoms with Crippen LogP contribution in [0.2, 0.25) is 0 Å². The summed E-state index contributed by atoms with van der Waals surface area (Å²) in [5.74, 6) is 2.56. The maximum Gasteiger partial charge on any atom is 0.199 e. The van der Waals surface area contributed by atoms with Gasteiger partial charge in [-0.25, -0.2) is 9.67 Å². The van der Waals surface area contributed by atoms with Gasteiger partial charge in [0.25, 0.3) is 0 Å². The van der Waals surface area contributed by atoms with Crippen molar-refractivity contribution >= 4 is 15.9 Å². The van der Waals surface area contributed by atoms with Crippen molar-refractivity contribution in [3.05, 3.63) is 52.0 Å². The fourth-order valence-electron chi connectivity index (χ4n) is 2.36. The molecule has 1 N–H and O–H groups in total. The van der Waals surface area contributed by atoms with Gasteiger partial charge in [-0.2, -0.15) is 0 Å². The summed E-state index contributed by atoms with van der Waals surface area (Å²) >= 11 is 3.43. The third-order valence-electron chi connectivity index (χ3n) is 3.59. The summed E-state index contributed by atoms with van der Waals surface area (Å²) < 4.78 is 8.61. The van der Waals surface area contributed by atoms with Crippen molar-refractivity contribution in [1.29, 1.82) is 0 Å². The van der Waals surface area contributed by atoms with Crippen LogP contribution in [0.4, 0.5) is 0 Å². The molecule has 0 aliphatic rings. The van der Waals surface area contributed by atoms with Crippen LogP contribution in [0, 0.1) is 6.92 Å². The first-order chi connectivity index (χ1) is 11.0. The molecule has 3 aromatic rings. The normalized spacial score (nSPS) is 12.6. The Balaban J connectivity index is 2.18. The maximum atomic E-state index is 9.84.